The Kier molecular flexibility index (Phi) is 1.51. The smallest absolute Gasteiger partial charge is 0.115 e. The van der Waals surface area contributed by atoms with E-state index in [0.29, 0.717) is 0 Å². The molecule has 0 aliphatic carbocycles. The van der Waals surface area contributed by atoms with Crippen LogP contribution in [0.2, 0.25) is 0 Å². The molecule has 0 radical (unpaired) electrons. The lowest BCUT2D eigenvalue weighted by molar-refractivity contribution is 0.329. The summed E-state index contributed by atoms with van der Waals surface area (Å²) in [6.45, 7) is 2.88. The first-order chi connectivity index (χ1) is 5.21. The van der Waals surface area contributed by atoms with Crippen LogP contribution >= 0.6 is 15.9 Å². The van der Waals surface area contributed by atoms with Crippen LogP contribution in [-0.4, -0.2) is 11.6 Å². The van der Waals surface area contributed by atoms with Crippen molar-refractivity contribution in [3.8, 4) is 0 Å². The van der Waals surface area contributed by atoms with Gasteiger partial charge in [-0.1, -0.05) is 0 Å². The van der Waals surface area contributed by atoms with Gasteiger partial charge in [0.05, 0.1) is 6.61 Å². The van der Waals surface area contributed by atoms with Crippen LogP contribution in [0.3, 0.4) is 0 Å². The van der Waals surface area contributed by atoms with Gasteiger partial charge >= 0.3 is 0 Å². The molecule has 0 N–H and O–H groups in total. The van der Waals surface area contributed by atoms with E-state index in [9.17, 15) is 0 Å². The Bertz CT molecular complexity index is 283. The molecular formula is C8H8BrNO. The van der Waals surface area contributed by atoms with Crippen LogP contribution in [0, 0.1) is 0 Å². The Morgan fingerprint density at radius 3 is 2.91 bits per heavy atom. The first-order valence-electron chi connectivity index (χ1n) is 3.46. The lowest BCUT2D eigenvalue weighted by Crippen LogP contribution is -2.01. The highest BCUT2D eigenvalue weighted by molar-refractivity contribution is 9.10. The molecular weight excluding hydrogens is 206 g/mol. The fraction of sp³-hybridized carbons (Fsp3) is 0.375. The van der Waals surface area contributed by atoms with Gasteiger partial charge in [-0.2, -0.15) is 0 Å². The van der Waals surface area contributed by atoms with E-state index in [0.717, 1.165) is 16.6 Å². The molecule has 1 atom stereocenters. The highest BCUT2D eigenvalue weighted by atomic mass is 79.9. The molecule has 58 valence electrons. The molecule has 1 saturated heterocycles. The third-order valence-electron chi connectivity index (χ3n) is 1.89. The zero-order chi connectivity index (χ0) is 7.90. The maximum absolute atomic E-state index is 5.28. The lowest BCUT2D eigenvalue weighted by atomic mass is 10.1. The summed E-state index contributed by atoms with van der Waals surface area (Å²) in [5, 5.41) is 0. The third-order valence-corrected chi connectivity index (χ3v) is 2.33. The van der Waals surface area contributed by atoms with Gasteiger partial charge in [0.15, 0.2) is 0 Å². The van der Waals surface area contributed by atoms with Gasteiger partial charge in [-0.25, -0.2) is 0 Å². The van der Waals surface area contributed by atoms with Crippen molar-refractivity contribution in [2.24, 2.45) is 0 Å². The predicted molar refractivity (Wildman–Crippen MR) is 45.2 cm³/mol. The summed E-state index contributed by atoms with van der Waals surface area (Å²) in [5.74, 6) is 0. The maximum Gasteiger partial charge on any atom is 0.115 e. The van der Waals surface area contributed by atoms with Gasteiger partial charge in [0, 0.05) is 22.4 Å². The highest BCUT2D eigenvalue weighted by Crippen LogP contribution is 2.37. The Labute approximate surface area is 73.7 Å². The van der Waals surface area contributed by atoms with Crippen LogP contribution in [0.4, 0.5) is 0 Å². The quantitative estimate of drug-likeness (QED) is 0.668. The summed E-state index contributed by atoms with van der Waals surface area (Å²) < 4.78 is 6.28. The highest BCUT2D eigenvalue weighted by Gasteiger charge is 2.41. The Balaban J connectivity index is 2.38. The minimum atomic E-state index is -0.0587. The molecule has 1 aliphatic rings. The van der Waals surface area contributed by atoms with Crippen LogP contribution in [0.5, 0.6) is 0 Å². The fourth-order valence-corrected chi connectivity index (χ4v) is 1.34. The number of hydrogen-bond acceptors (Lipinski definition) is 2. The summed E-state index contributed by atoms with van der Waals surface area (Å²) in [5.41, 5.74) is 1.09. The summed E-state index contributed by atoms with van der Waals surface area (Å²) in [7, 11) is 0. The molecule has 1 aliphatic heterocycles. The molecule has 1 aromatic rings. The van der Waals surface area contributed by atoms with Gasteiger partial charge in [0.25, 0.3) is 0 Å². The van der Waals surface area contributed by atoms with Crippen molar-refractivity contribution in [2.45, 2.75) is 12.5 Å². The van der Waals surface area contributed by atoms with E-state index in [4.69, 9.17) is 4.74 Å². The topological polar surface area (TPSA) is 25.4 Å². The molecule has 0 amide bonds. The summed E-state index contributed by atoms with van der Waals surface area (Å²) in [4.78, 5) is 4.06. The van der Waals surface area contributed by atoms with Gasteiger partial charge in [-0.15, -0.1) is 0 Å². The minimum absolute atomic E-state index is 0.0587. The van der Waals surface area contributed by atoms with Crippen LogP contribution in [0.25, 0.3) is 0 Å². The van der Waals surface area contributed by atoms with Gasteiger partial charge < -0.3 is 4.74 Å². The van der Waals surface area contributed by atoms with Crippen LogP contribution in [-0.2, 0) is 10.3 Å². The molecule has 3 heteroatoms. The number of epoxide rings is 1. The molecule has 2 nitrogen and oxygen atoms in total. The number of hydrogen-bond donors (Lipinski definition) is 0. The van der Waals surface area contributed by atoms with E-state index in [2.05, 4.69) is 27.8 Å². The Morgan fingerprint density at radius 2 is 2.36 bits per heavy atom. The average Bonchev–Trinajstić information content (AvgIpc) is 2.70. The van der Waals surface area contributed by atoms with E-state index in [1.165, 1.54) is 0 Å². The van der Waals surface area contributed by atoms with Crippen molar-refractivity contribution in [1.29, 1.82) is 0 Å². The molecule has 11 heavy (non-hydrogen) atoms. The molecule has 0 saturated carbocycles. The first kappa shape index (κ1) is 7.25. The predicted octanol–water partition coefficient (Wildman–Crippen LogP) is 2.09. The zero-order valence-electron chi connectivity index (χ0n) is 6.17. The summed E-state index contributed by atoms with van der Waals surface area (Å²) >= 11 is 3.36. The minimum Gasteiger partial charge on any atom is -0.365 e. The number of pyridine rings is 1. The van der Waals surface area contributed by atoms with E-state index < -0.39 is 0 Å². The van der Waals surface area contributed by atoms with Crippen LogP contribution < -0.4 is 0 Å². The normalized spacial score (nSPS) is 28.5. The number of nitrogens with zero attached hydrogens (tertiary/aromatic N) is 1. The monoisotopic (exact) mass is 213 g/mol. The molecule has 0 spiro atoms. The Hall–Kier alpha value is -0.410. The first-order valence-corrected chi connectivity index (χ1v) is 4.25. The molecule has 0 unspecified atom stereocenters. The van der Waals surface area contributed by atoms with Gasteiger partial charge in [0.2, 0.25) is 0 Å². The van der Waals surface area contributed by atoms with Gasteiger partial charge in [-0.3, -0.25) is 4.98 Å². The largest absolute Gasteiger partial charge is 0.365 e. The van der Waals surface area contributed by atoms with Crippen LogP contribution in [0.1, 0.15) is 12.5 Å². The maximum atomic E-state index is 5.28. The molecule has 2 rings (SSSR count). The van der Waals surface area contributed by atoms with Crippen molar-refractivity contribution in [2.75, 3.05) is 6.61 Å². The van der Waals surface area contributed by atoms with Gasteiger partial charge in [-0.05, 0) is 28.9 Å². The van der Waals surface area contributed by atoms with Crippen molar-refractivity contribution in [1.82, 2.24) is 4.98 Å². The second kappa shape index (κ2) is 2.29. The summed E-state index contributed by atoms with van der Waals surface area (Å²) in [6, 6.07) is 2.04. The number of rotatable bonds is 1. The number of aromatic nitrogens is 1. The summed E-state index contributed by atoms with van der Waals surface area (Å²) in [6.07, 6.45) is 3.62. The number of halogens is 1. The molecule has 1 aromatic heterocycles. The van der Waals surface area contributed by atoms with Crippen molar-refractivity contribution in [3.05, 3.63) is 28.5 Å². The second-order valence-electron chi connectivity index (χ2n) is 2.91. The van der Waals surface area contributed by atoms with E-state index in [-0.39, 0.29) is 5.60 Å². The Morgan fingerprint density at radius 1 is 1.64 bits per heavy atom. The van der Waals surface area contributed by atoms with Crippen molar-refractivity contribution < 1.29 is 4.74 Å². The number of ether oxygens (including phenoxy) is 1. The SMILES string of the molecule is C[C@]1(c2cncc(Br)c2)CO1. The molecule has 1 fully saturated rings. The van der Waals surface area contributed by atoms with Crippen molar-refractivity contribution >= 4 is 15.9 Å². The molecule has 2 heterocycles. The van der Waals surface area contributed by atoms with Gasteiger partial charge in [0.1, 0.15) is 5.60 Å². The molecule has 0 bridgehead atoms. The third kappa shape index (κ3) is 1.30. The van der Waals surface area contributed by atoms with E-state index in [1.807, 2.05) is 12.3 Å². The second-order valence-corrected chi connectivity index (χ2v) is 3.83. The average molecular weight is 214 g/mol. The standard InChI is InChI=1S/C8H8BrNO/c1-8(5-11-8)6-2-7(9)4-10-3-6/h2-4H,5H2,1H3/t8-/m1/s1. The zero-order valence-corrected chi connectivity index (χ0v) is 7.76. The molecule has 0 aromatic carbocycles. The van der Waals surface area contributed by atoms with E-state index in [1.54, 1.807) is 6.20 Å². The van der Waals surface area contributed by atoms with E-state index >= 15 is 0 Å². The fourth-order valence-electron chi connectivity index (χ4n) is 0.976. The lowest BCUT2D eigenvalue weighted by Gasteiger charge is -2.03. The van der Waals surface area contributed by atoms with Crippen molar-refractivity contribution in [3.63, 3.8) is 0 Å². The van der Waals surface area contributed by atoms with Crippen LogP contribution in [0.15, 0.2) is 22.9 Å².